The van der Waals surface area contributed by atoms with Gasteiger partial charge in [0.2, 0.25) is 0 Å². The Labute approximate surface area is 129 Å². The summed E-state index contributed by atoms with van der Waals surface area (Å²) in [6.45, 7) is 4.61. The van der Waals surface area contributed by atoms with Crippen molar-refractivity contribution in [2.24, 2.45) is 0 Å². The minimum atomic E-state index is -0.924. The Balaban J connectivity index is 2.21. The third kappa shape index (κ3) is 3.85. The van der Waals surface area contributed by atoms with E-state index in [0.717, 1.165) is 5.69 Å². The molecule has 0 spiro atoms. The molecule has 0 amide bonds. The number of likely N-dealkylation sites (N-methyl/N-ethyl adjacent to an activating group) is 1. The predicted molar refractivity (Wildman–Crippen MR) is 80.7 cm³/mol. The van der Waals surface area contributed by atoms with E-state index in [4.69, 9.17) is 9.26 Å². The lowest BCUT2D eigenvalue weighted by atomic mass is 10.1. The largest absolute Gasteiger partial charge is 0.494 e. The fourth-order valence-electron chi connectivity index (χ4n) is 2.35. The quantitative estimate of drug-likeness (QED) is 0.847. The first kappa shape index (κ1) is 16.0. The number of nitrogens with zero attached hydrogens (tertiary/aromatic N) is 2. The lowest BCUT2D eigenvalue weighted by Crippen LogP contribution is -2.30. The van der Waals surface area contributed by atoms with Crippen molar-refractivity contribution < 1.29 is 19.2 Å². The number of ether oxygens (including phenoxy) is 1. The molecule has 6 heteroatoms. The predicted octanol–water partition coefficient (Wildman–Crippen LogP) is 2.64. The van der Waals surface area contributed by atoms with Crippen LogP contribution in [0, 0.1) is 6.92 Å². The van der Waals surface area contributed by atoms with Crippen molar-refractivity contribution in [3.8, 4) is 5.75 Å². The summed E-state index contributed by atoms with van der Waals surface area (Å²) < 4.78 is 10.6. The van der Waals surface area contributed by atoms with Crippen molar-refractivity contribution >= 4 is 5.97 Å². The van der Waals surface area contributed by atoms with Crippen molar-refractivity contribution in [3.63, 3.8) is 0 Å². The van der Waals surface area contributed by atoms with E-state index in [1.165, 1.54) is 0 Å². The highest BCUT2D eigenvalue weighted by molar-refractivity contribution is 5.75. The average Bonchev–Trinajstić information content (AvgIpc) is 2.84. The molecule has 6 nitrogen and oxygen atoms in total. The van der Waals surface area contributed by atoms with E-state index in [9.17, 15) is 9.90 Å². The van der Waals surface area contributed by atoms with Crippen LogP contribution in [0.2, 0.25) is 0 Å². The van der Waals surface area contributed by atoms with Crippen molar-refractivity contribution in [1.29, 1.82) is 0 Å². The molecule has 1 aromatic heterocycles. The number of rotatable bonds is 7. The summed E-state index contributed by atoms with van der Waals surface area (Å²) in [6, 6.07) is 8.15. The molecular weight excluding hydrogens is 284 g/mol. The van der Waals surface area contributed by atoms with Crippen molar-refractivity contribution in [2.75, 3.05) is 13.7 Å². The molecule has 1 atom stereocenters. The maximum Gasteiger partial charge on any atom is 0.325 e. The van der Waals surface area contributed by atoms with Gasteiger partial charge in [0.25, 0.3) is 0 Å². The SMILES string of the molecule is CCOc1cccc([C@@H](C(=O)O)N(C)Cc2cc(C)no2)c1. The number of carbonyl (C=O) groups is 1. The normalized spacial score (nSPS) is 12.4. The van der Waals surface area contributed by atoms with Gasteiger partial charge in [-0.25, -0.2) is 0 Å². The Bertz CT molecular complexity index is 639. The summed E-state index contributed by atoms with van der Waals surface area (Å²) in [7, 11) is 1.74. The van der Waals surface area contributed by atoms with Crippen LogP contribution >= 0.6 is 0 Å². The highest BCUT2D eigenvalue weighted by Crippen LogP contribution is 2.25. The summed E-state index contributed by atoms with van der Waals surface area (Å²) in [6.07, 6.45) is 0. The molecule has 118 valence electrons. The Morgan fingerprint density at radius 1 is 1.45 bits per heavy atom. The van der Waals surface area contributed by atoms with E-state index < -0.39 is 12.0 Å². The Morgan fingerprint density at radius 3 is 2.82 bits per heavy atom. The molecule has 0 aliphatic rings. The Hall–Kier alpha value is -2.34. The molecule has 0 unspecified atom stereocenters. The zero-order valence-electron chi connectivity index (χ0n) is 12.9. The van der Waals surface area contributed by atoms with Gasteiger partial charge in [0, 0.05) is 6.07 Å². The maximum atomic E-state index is 11.7. The average molecular weight is 304 g/mol. The molecule has 0 saturated carbocycles. The van der Waals surface area contributed by atoms with E-state index in [0.29, 0.717) is 30.2 Å². The molecule has 0 aliphatic heterocycles. The minimum Gasteiger partial charge on any atom is -0.494 e. The minimum absolute atomic E-state index is 0.358. The van der Waals surface area contributed by atoms with Gasteiger partial charge in [-0.15, -0.1) is 0 Å². The van der Waals surface area contributed by atoms with Gasteiger partial charge in [-0.05, 0) is 38.6 Å². The number of benzene rings is 1. The summed E-state index contributed by atoms with van der Waals surface area (Å²) >= 11 is 0. The number of aromatic nitrogens is 1. The first-order valence-electron chi connectivity index (χ1n) is 7.09. The fraction of sp³-hybridized carbons (Fsp3) is 0.375. The van der Waals surface area contributed by atoms with E-state index >= 15 is 0 Å². The van der Waals surface area contributed by atoms with Crippen LogP contribution in [0.15, 0.2) is 34.9 Å². The smallest absolute Gasteiger partial charge is 0.325 e. The number of aliphatic carboxylic acids is 1. The fourth-order valence-corrected chi connectivity index (χ4v) is 2.35. The maximum absolute atomic E-state index is 11.7. The van der Waals surface area contributed by atoms with Crippen LogP contribution in [-0.2, 0) is 11.3 Å². The molecule has 2 rings (SSSR count). The first-order valence-corrected chi connectivity index (χ1v) is 7.09. The molecule has 1 N–H and O–H groups in total. The molecule has 0 saturated heterocycles. The van der Waals surface area contributed by atoms with Crippen LogP contribution in [0.5, 0.6) is 5.75 Å². The van der Waals surface area contributed by atoms with Crippen LogP contribution in [0.3, 0.4) is 0 Å². The lowest BCUT2D eigenvalue weighted by molar-refractivity contribution is -0.143. The lowest BCUT2D eigenvalue weighted by Gasteiger charge is -2.24. The van der Waals surface area contributed by atoms with Gasteiger partial charge >= 0.3 is 5.97 Å². The van der Waals surface area contributed by atoms with Crippen LogP contribution < -0.4 is 4.74 Å². The number of aryl methyl sites for hydroxylation is 1. The van der Waals surface area contributed by atoms with Gasteiger partial charge in [0.05, 0.1) is 18.8 Å². The molecule has 0 bridgehead atoms. The van der Waals surface area contributed by atoms with Crippen LogP contribution in [0.1, 0.15) is 30.0 Å². The molecule has 0 radical (unpaired) electrons. The number of carboxylic acid groups (broad SMARTS) is 1. The van der Waals surface area contributed by atoms with Gasteiger partial charge in [0.1, 0.15) is 11.8 Å². The number of hydrogen-bond acceptors (Lipinski definition) is 5. The third-order valence-electron chi connectivity index (χ3n) is 3.24. The molecule has 1 aromatic carbocycles. The monoisotopic (exact) mass is 304 g/mol. The van der Waals surface area contributed by atoms with Gasteiger partial charge in [-0.1, -0.05) is 17.3 Å². The Kier molecular flexibility index (Phi) is 5.16. The van der Waals surface area contributed by atoms with Crippen molar-refractivity contribution in [3.05, 3.63) is 47.3 Å². The second-order valence-corrected chi connectivity index (χ2v) is 5.10. The molecule has 0 aliphatic carbocycles. The van der Waals surface area contributed by atoms with E-state index in [1.807, 2.05) is 19.9 Å². The first-order chi connectivity index (χ1) is 10.5. The van der Waals surface area contributed by atoms with Crippen LogP contribution in [0.4, 0.5) is 0 Å². The van der Waals surface area contributed by atoms with E-state index in [1.54, 1.807) is 36.2 Å². The molecule has 2 aromatic rings. The molecular formula is C16H20N2O4. The zero-order chi connectivity index (χ0) is 16.1. The van der Waals surface area contributed by atoms with E-state index in [2.05, 4.69) is 5.16 Å². The zero-order valence-corrected chi connectivity index (χ0v) is 12.9. The van der Waals surface area contributed by atoms with Gasteiger partial charge in [0.15, 0.2) is 5.76 Å². The topological polar surface area (TPSA) is 75.8 Å². The summed E-state index contributed by atoms with van der Waals surface area (Å²) in [4.78, 5) is 13.4. The standard InChI is InChI=1S/C16H20N2O4/c1-4-21-13-7-5-6-12(9-13)15(16(19)20)18(3)10-14-8-11(2)17-22-14/h5-9,15H,4,10H2,1-3H3,(H,19,20)/t15-/m0/s1. The van der Waals surface area contributed by atoms with Crippen LogP contribution in [-0.4, -0.2) is 34.8 Å². The third-order valence-corrected chi connectivity index (χ3v) is 3.24. The molecule has 22 heavy (non-hydrogen) atoms. The van der Waals surface area contributed by atoms with Crippen molar-refractivity contribution in [2.45, 2.75) is 26.4 Å². The second-order valence-electron chi connectivity index (χ2n) is 5.10. The Morgan fingerprint density at radius 2 is 2.23 bits per heavy atom. The number of hydrogen-bond donors (Lipinski definition) is 1. The van der Waals surface area contributed by atoms with E-state index in [-0.39, 0.29) is 0 Å². The highest BCUT2D eigenvalue weighted by atomic mass is 16.5. The van der Waals surface area contributed by atoms with Gasteiger partial charge in [-0.2, -0.15) is 0 Å². The summed E-state index contributed by atoms with van der Waals surface area (Å²) in [5, 5.41) is 13.4. The van der Waals surface area contributed by atoms with Crippen molar-refractivity contribution in [1.82, 2.24) is 10.1 Å². The van der Waals surface area contributed by atoms with Gasteiger partial charge in [-0.3, -0.25) is 9.69 Å². The summed E-state index contributed by atoms with van der Waals surface area (Å²) in [5.41, 5.74) is 1.44. The summed E-state index contributed by atoms with van der Waals surface area (Å²) in [5.74, 6) is 0.370. The number of carboxylic acids is 1. The molecule has 0 fully saturated rings. The second kappa shape index (κ2) is 7.09. The van der Waals surface area contributed by atoms with Gasteiger partial charge < -0.3 is 14.4 Å². The molecule has 1 heterocycles. The van der Waals surface area contributed by atoms with Crippen LogP contribution in [0.25, 0.3) is 0 Å². The highest BCUT2D eigenvalue weighted by Gasteiger charge is 2.26.